The molecule has 2 aromatic carbocycles. The summed E-state index contributed by atoms with van der Waals surface area (Å²) >= 11 is 0. The predicted octanol–water partition coefficient (Wildman–Crippen LogP) is 3.46. The molecular formula is C22H29N3O2. The van der Waals surface area contributed by atoms with Crippen molar-refractivity contribution >= 4 is 17.3 Å². The zero-order valence-corrected chi connectivity index (χ0v) is 16.5. The van der Waals surface area contributed by atoms with Gasteiger partial charge >= 0.3 is 0 Å². The van der Waals surface area contributed by atoms with Crippen molar-refractivity contribution in [2.75, 3.05) is 50.1 Å². The number of rotatable bonds is 6. The quantitative estimate of drug-likeness (QED) is 0.849. The number of hydrogen-bond donors (Lipinski definition) is 1. The number of amides is 1. The van der Waals surface area contributed by atoms with Gasteiger partial charge in [0.05, 0.1) is 12.8 Å². The molecule has 1 aliphatic rings. The average Bonchev–Trinajstić information content (AvgIpc) is 2.70. The number of ether oxygens (including phenoxy) is 1. The first kappa shape index (κ1) is 19.1. The number of methoxy groups -OCH3 is 1. The van der Waals surface area contributed by atoms with Crippen molar-refractivity contribution in [3.63, 3.8) is 0 Å². The minimum Gasteiger partial charge on any atom is -0.495 e. The van der Waals surface area contributed by atoms with E-state index in [-0.39, 0.29) is 5.91 Å². The molecule has 0 saturated carbocycles. The molecule has 1 saturated heterocycles. The maximum atomic E-state index is 12.5. The van der Waals surface area contributed by atoms with Gasteiger partial charge in [-0.15, -0.1) is 0 Å². The Morgan fingerprint density at radius 3 is 2.52 bits per heavy atom. The van der Waals surface area contributed by atoms with Gasteiger partial charge in [-0.3, -0.25) is 4.79 Å². The molecule has 1 N–H and O–H groups in total. The smallest absolute Gasteiger partial charge is 0.224 e. The molecule has 2 aromatic rings. The van der Waals surface area contributed by atoms with E-state index in [4.69, 9.17) is 4.74 Å². The van der Waals surface area contributed by atoms with Crippen LogP contribution in [-0.4, -0.2) is 50.6 Å². The molecule has 5 heteroatoms. The summed E-state index contributed by atoms with van der Waals surface area (Å²) in [6.07, 6.45) is 0.488. The lowest BCUT2D eigenvalue weighted by Crippen LogP contribution is -2.49. The molecule has 1 amide bonds. The Balaban J connectivity index is 1.48. The standard InChI is InChI=1S/C22H29N3O2/c1-17-7-6-9-20(18(17)2)24-13-15-25(16-14-24)22(26)11-12-23-19-8-4-5-10-21(19)27-3/h4-10,23H,11-16H2,1-3H3. The van der Waals surface area contributed by atoms with Crippen LogP contribution >= 0.6 is 0 Å². The third-order valence-electron chi connectivity index (χ3n) is 5.31. The van der Waals surface area contributed by atoms with Crippen molar-refractivity contribution < 1.29 is 9.53 Å². The van der Waals surface area contributed by atoms with Gasteiger partial charge in [-0.1, -0.05) is 24.3 Å². The summed E-state index contributed by atoms with van der Waals surface area (Å²) in [6.45, 7) is 8.25. The molecule has 0 bridgehead atoms. The third-order valence-corrected chi connectivity index (χ3v) is 5.31. The van der Waals surface area contributed by atoms with Gasteiger partial charge in [-0.25, -0.2) is 0 Å². The Hall–Kier alpha value is -2.69. The van der Waals surface area contributed by atoms with Gasteiger partial charge in [0.15, 0.2) is 0 Å². The summed E-state index contributed by atoms with van der Waals surface area (Å²) in [7, 11) is 1.65. The summed E-state index contributed by atoms with van der Waals surface area (Å²) < 4.78 is 5.33. The highest BCUT2D eigenvalue weighted by molar-refractivity contribution is 5.77. The number of para-hydroxylation sites is 2. The number of benzene rings is 2. The Kier molecular flexibility index (Phi) is 6.22. The van der Waals surface area contributed by atoms with E-state index in [1.807, 2.05) is 29.2 Å². The Labute approximate surface area is 161 Å². The highest BCUT2D eigenvalue weighted by Crippen LogP contribution is 2.24. The Bertz CT molecular complexity index is 783. The van der Waals surface area contributed by atoms with Gasteiger partial charge in [0.1, 0.15) is 5.75 Å². The summed E-state index contributed by atoms with van der Waals surface area (Å²) in [4.78, 5) is 16.9. The van der Waals surface area contributed by atoms with E-state index in [1.165, 1.54) is 16.8 Å². The number of anilines is 2. The number of hydrogen-bond acceptors (Lipinski definition) is 4. The van der Waals surface area contributed by atoms with Crippen molar-refractivity contribution in [3.8, 4) is 5.75 Å². The van der Waals surface area contributed by atoms with Crippen LogP contribution in [0.3, 0.4) is 0 Å². The first-order chi connectivity index (χ1) is 13.1. The molecule has 0 spiro atoms. The molecular weight excluding hydrogens is 338 g/mol. The molecule has 27 heavy (non-hydrogen) atoms. The highest BCUT2D eigenvalue weighted by atomic mass is 16.5. The zero-order chi connectivity index (χ0) is 19.2. The lowest BCUT2D eigenvalue weighted by atomic mass is 10.1. The predicted molar refractivity (Wildman–Crippen MR) is 111 cm³/mol. The van der Waals surface area contributed by atoms with Crippen LogP contribution in [0.5, 0.6) is 5.75 Å². The molecule has 1 fully saturated rings. The minimum atomic E-state index is 0.206. The lowest BCUT2D eigenvalue weighted by Gasteiger charge is -2.37. The highest BCUT2D eigenvalue weighted by Gasteiger charge is 2.22. The first-order valence-electron chi connectivity index (χ1n) is 9.56. The third kappa shape index (κ3) is 4.54. The SMILES string of the molecule is COc1ccccc1NCCC(=O)N1CCN(c2cccc(C)c2C)CC1. The van der Waals surface area contributed by atoms with Crippen LogP contribution in [-0.2, 0) is 4.79 Å². The maximum Gasteiger partial charge on any atom is 0.224 e. The van der Waals surface area contributed by atoms with E-state index in [1.54, 1.807) is 7.11 Å². The largest absolute Gasteiger partial charge is 0.495 e. The molecule has 0 aliphatic carbocycles. The first-order valence-corrected chi connectivity index (χ1v) is 9.56. The Morgan fingerprint density at radius 2 is 1.78 bits per heavy atom. The van der Waals surface area contributed by atoms with E-state index in [9.17, 15) is 4.79 Å². The summed E-state index contributed by atoms with van der Waals surface area (Å²) in [6, 6.07) is 14.2. The van der Waals surface area contributed by atoms with E-state index in [2.05, 4.69) is 42.3 Å². The second-order valence-corrected chi connectivity index (χ2v) is 6.96. The number of carbonyl (C=O) groups excluding carboxylic acids is 1. The summed E-state index contributed by atoms with van der Waals surface area (Å²) in [5.74, 6) is 1.00. The normalized spacial score (nSPS) is 14.2. The number of nitrogens with zero attached hydrogens (tertiary/aromatic N) is 2. The number of aryl methyl sites for hydroxylation is 1. The Morgan fingerprint density at radius 1 is 1.04 bits per heavy atom. The van der Waals surface area contributed by atoms with E-state index >= 15 is 0 Å². The van der Waals surface area contributed by atoms with Gasteiger partial charge in [0, 0.05) is 44.8 Å². The van der Waals surface area contributed by atoms with Crippen LogP contribution in [0.1, 0.15) is 17.5 Å². The molecule has 144 valence electrons. The summed E-state index contributed by atoms with van der Waals surface area (Å²) in [5.41, 5.74) is 4.86. The number of nitrogens with one attached hydrogen (secondary N) is 1. The van der Waals surface area contributed by atoms with Crippen LogP contribution < -0.4 is 15.0 Å². The molecule has 0 aromatic heterocycles. The fourth-order valence-electron chi connectivity index (χ4n) is 3.53. The molecule has 1 aliphatic heterocycles. The molecule has 0 atom stereocenters. The fraction of sp³-hybridized carbons (Fsp3) is 0.409. The van der Waals surface area contributed by atoms with Gasteiger partial charge in [-0.05, 0) is 43.2 Å². The van der Waals surface area contributed by atoms with Gasteiger partial charge in [0.2, 0.25) is 5.91 Å². The topological polar surface area (TPSA) is 44.8 Å². The molecule has 0 unspecified atom stereocenters. The van der Waals surface area contributed by atoms with Crippen molar-refractivity contribution in [1.29, 1.82) is 0 Å². The van der Waals surface area contributed by atoms with Gasteiger partial charge in [0.25, 0.3) is 0 Å². The van der Waals surface area contributed by atoms with Crippen LogP contribution in [0.15, 0.2) is 42.5 Å². The maximum absolute atomic E-state index is 12.5. The van der Waals surface area contributed by atoms with Crippen LogP contribution in [0.2, 0.25) is 0 Å². The number of piperazine rings is 1. The molecule has 0 radical (unpaired) electrons. The van der Waals surface area contributed by atoms with Gasteiger partial charge in [-0.2, -0.15) is 0 Å². The summed E-state index contributed by atoms with van der Waals surface area (Å²) in [5, 5.41) is 3.30. The van der Waals surface area contributed by atoms with Crippen molar-refractivity contribution in [2.24, 2.45) is 0 Å². The van der Waals surface area contributed by atoms with Crippen LogP contribution in [0.4, 0.5) is 11.4 Å². The fourth-order valence-corrected chi connectivity index (χ4v) is 3.53. The second kappa shape index (κ2) is 8.80. The monoisotopic (exact) mass is 367 g/mol. The molecule has 5 nitrogen and oxygen atoms in total. The van der Waals surface area contributed by atoms with Crippen LogP contribution in [0, 0.1) is 13.8 Å². The lowest BCUT2D eigenvalue weighted by molar-refractivity contribution is -0.131. The zero-order valence-electron chi connectivity index (χ0n) is 16.5. The van der Waals surface area contributed by atoms with Crippen molar-refractivity contribution in [3.05, 3.63) is 53.6 Å². The number of carbonyl (C=O) groups is 1. The van der Waals surface area contributed by atoms with Crippen molar-refractivity contribution in [2.45, 2.75) is 20.3 Å². The van der Waals surface area contributed by atoms with Crippen LogP contribution in [0.25, 0.3) is 0 Å². The van der Waals surface area contributed by atoms with Crippen molar-refractivity contribution in [1.82, 2.24) is 4.90 Å². The van der Waals surface area contributed by atoms with Gasteiger partial charge < -0.3 is 19.9 Å². The van der Waals surface area contributed by atoms with E-state index in [0.29, 0.717) is 13.0 Å². The molecule has 1 heterocycles. The van der Waals surface area contributed by atoms with E-state index in [0.717, 1.165) is 37.6 Å². The minimum absolute atomic E-state index is 0.206. The van der Waals surface area contributed by atoms with E-state index < -0.39 is 0 Å². The average molecular weight is 367 g/mol. The second-order valence-electron chi connectivity index (χ2n) is 6.96. The molecule has 3 rings (SSSR count).